The Hall–Kier alpha value is -0.680. The first-order valence-electron chi connectivity index (χ1n) is 6.51. The summed E-state index contributed by atoms with van der Waals surface area (Å²) >= 11 is 0.845. The zero-order valence-electron chi connectivity index (χ0n) is 10.8. The van der Waals surface area contributed by atoms with Crippen LogP contribution < -0.4 is 5.32 Å². The van der Waals surface area contributed by atoms with E-state index in [4.69, 9.17) is 0 Å². The van der Waals surface area contributed by atoms with Crippen LogP contribution in [0.15, 0.2) is 29.2 Å². The average molecular weight is 289 g/mol. The summed E-state index contributed by atoms with van der Waals surface area (Å²) in [7, 11) is 0. The zero-order chi connectivity index (χ0) is 13.9. The lowest BCUT2D eigenvalue weighted by atomic mass is 9.76. The topological polar surface area (TPSA) is 12.0 Å². The van der Waals surface area contributed by atoms with Gasteiger partial charge in [0.2, 0.25) is 0 Å². The number of hydrogen-bond acceptors (Lipinski definition) is 2. The molecular weight excluding hydrogens is 271 g/mol. The van der Waals surface area contributed by atoms with Crippen molar-refractivity contribution < 1.29 is 13.2 Å². The fourth-order valence-electron chi connectivity index (χ4n) is 2.35. The standard InChI is InChI=1S/C14H18F3NS/c1-2-18-12-7-11(8-12)10-3-5-13(6-4-10)19-9-14(15,16)17/h3-6,11-12,18H,2,7-9H2,1H3. The van der Waals surface area contributed by atoms with E-state index in [1.54, 1.807) is 12.1 Å². The monoisotopic (exact) mass is 289 g/mol. The van der Waals surface area contributed by atoms with Crippen LogP contribution in [0, 0.1) is 0 Å². The van der Waals surface area contributed by atoms with E-state index in [-0.39, 0.29) is 0 Å². The van der Waals surface area contributed by atoms with Crippen molar-refractivity contribution in [2.24, 2.45) is 0 Å². The smallest absolute Gasteiger partial charge is 0.314 e. The third-order valence-corrected chi connectivity index (χ3v) is 4.46. The summed E-state index contributed by atoms with van der Waals surface area (Å²) in [5, 5.41) is 3.40. The first-order valence-corrected chi connectivity index (χ1v) is 7.49. The van der Waals surface area contributed by atoms with Gasteiger partial charge in [-0.25, -0.2) is 0 Å². The highest BCUT2D eigenvalue weighted by molar-refractivity contribution is 7.99. The normalized spacial score (nSPS) is 23.2. The van der Waals surface area contributed by atoms with Crippen LogP contribution in [0.4, 0.5) is 13.2 Å². The van der Waals surface area contributed by atoms with Crippen LogP contribution in [0.2, 0.25) is 0 Å². The average Bonchev–Trinajstić information content (AvgIpc) is 2.31. The first kappa shape index (κ1) is 14.7. The van der Waals surface area contributed by atoms with Gasteiger partial charge < -0.3 is 5.32 Å². The Morgan fingerprint density at radius 2 is 1.84 bits per heavy atom. The predicted molar refractivity (Wildman–Crippen MR) is 72.7 cm³/mol. The van der Waals surface area contributed by atoms with Crippen LogP contribution in [0.5, 0.6) is 0 Å². The lowest BCUT2D eigenvalue weighted by molar-refractivity contribution is -0.105. The molecule has 1 N–H and O–H groups in total. The molecule has 1 aromatic rings. The Morgan fingerprint density at radius 3 is 2.37 bits per heavy atom. The van der Waals surface area contributed by atoms with Crippen molar-refractivity contribution in [3.63, 3.8) is 0 Å². The molecule has 0 amide bonds. The fourth-order valence-corrected chi connectivity index (χ4v) is 3.01. The second-order valence-corrected chi connectivity index (χ2v) is 5.94. The summed E-state index contributed by atoms with van der Waals surface area (Å²) in [5.74, 6) is -0.260. The molecule has 1 nitrogen and oxygen atoms in total. The van der Waals surface area contributed by atoms with Crippen LogP contribution in [0.1, 0.15) is 31.2 Å². The lowest BCUT2D eigenvalue weighted by Gasteiger charge is -2.36. The quantitative estimate of drug-likeness (QED) is 0.815. The highest BCUT2D eigenvalue weighted by atomic mass is 32.2. The van der Waals surface area contributed by atoms with Crippen molar-refractivity contribution in [2.45, 2.75) is 42.8 Å². The molecule has 0 radical (unpaired) electrons. The molecule has 1 aromatic carbocycles. The van der Waals surface area contributed by atoms with Gasteiger partial charge in [-0.2, -0.15) is 13.2 Å². The molecule has 1 aliphatic rings. The van der Waals surface area contributed by atoms with Crippen molar-refractivity contribution in [1.29, 1.82) is 0 Å². The number of hydrogen-bond donors (Lipinski definition) is 1. The van der Waals surface area contributed by atoms with Gasteiger partial charge >= 0.3 is 6.18 Å². The van der Waals surface area contributed by atoms with E-state index in [0.717, 1.165) is 31.1 Å². The first-order chi connectivity index (χ1) is 8.98. The summed E-state index contributed by atoms with van der Waals surface area (Å²) in [6.07, 6.45) is -1.85. The molecule has 1 saturated carbocycles. The summed E-state index contributed by atoms with van der Waals surface area (Å²) in [6.45, 7) is 3.09. The SMILES string of the molecule is CCNC1CC(c2ccc(SCC(F)(F)F)cc2)C1. The van der Waals surface area contributed by atoms with E-state index in [1.807, 2.05) is 12.1 Å². The van der Waals surface area contributed by atoms with Crippen molar-refractivity contribution in [3.05, 3.63) is 29.8 Å². The Balaban J connectivity index is 1.82. The number of benzene rings is 1. The van der Waals surface area contributed by atoms with E-state index < -0.39 is 11.9 Å². The van der Waals surface area contributed by atoms with Gasteiger partial charge in [-0.1, -0.05) is 19.1 Å². The highest BCUT2D eigenvalue weighted by Crippen LogP contribution is 2.37. The minimum atomic E-state index is -4.10. The Kier molecular flexibility index (Phi) is 4.79. The van der Waals surface area contributed by atoms with Crippen molar-refractivity contribution in [3.8, 4) is 0 Å². The number of halogens is 3. The summed E-state index contributed by atoms with van der Waals surface area (Å²) < 4.78 is 36.3. The minimum Gasteiger partial charge on any atom is -0.314 e. The molecular formula is C14H18F3NS. The molecule has 0 aliphatic heterocycles. The molecule has 2 rings (SSSR count). The molecule has 0 saturated heterocycles. The van der Waals surface area contributed by atoms with E-state index >= 15 is 0 Å². The van der Waals surface area contributed by atoms with Crippen LogP contribution in [0.3, 0.4) is 0 Å². The van der Waals surface area contributed by atoms with Crippen molar-refractivity contribution >= 4 is 11.8 Å². The maximum absolute atomic E-state index is 12.1. The van der Waals surface area contributed by atoms with Gasteiger partial charge in [0.05, 0.1) is 5.75 Å². The van der Waals surface area contributed by atoms with Crippen LogP contribution in [0.25, 0.3) is 0 Å². The van der Waals surface area contributed by atoms with Crippen molar-refractivity contribution in [2.75, 3.05) is 12.3 Å². The van der Waals surface area contributed by atoms with Gasteiger partial charge in [-0.05, 0) is 43.0 Å². The number of rotatable bonds is 5. The summed E-state index contributed by atoms with van der Waals surface area (Å²) in [5.41, 5.74) is 1.24. The van der Waals surface area contributed by atoms with E-state index in [2.05, 4.69) is 12.2 Å². The van der Waals surface area contributed by atoms with Gasteiger partial charge in [0.15, 0.2) is 0 Å². The van der Waals surface area contributed by atoms with Gasteiger partial charge in [0, 0.05) is 10.9 Å². The molecule has 1 fully saturated rings. The Labute approximate surface area is 116 Å². The van der Waals surface area contributed by atoms with E-state index in [1.165, 1.54) is 5.56 Å². The van der Waals surface area contributed by atoms with Crippen molar-refractivity contribution in [1.82, 2.24) is 5.32 Å². The van der Waals surface area contributed by atoms with E-state index in [0.29, 0.717) is 16.9 Å². The molecule has 0 bridgehead atoms. The molecule has 1 aliphatic carbocycles. The maximum atomic E-state index is 12.1. The third kappa shape index (κ3) is 4.42. The fraction of sp³-hybridized carbons (Fsp3) is 0.571. The second kappa shape index (κ2) is 6.18. The molecule has 0 aromatic heterocycles. The molecule has 5 heteroatoms. The van der Waals surface area contributed by atoms with Crippen LogP contribution >= 0.6 is 11.8 Å². The molecule has 19 heavy (non-hydrogen) atoms. The molecule has 106 valence electrons. The summed E-state index contributed by atoms with van der Waals surface area (Å²) in [6, 6.07) is 8.13. The van der Waals surface area contributed by atoms with Gasteiger partial charge in [-0.3, -0.25) is 0 Å². The third-order valence-electron chi connectivity index (χ3n) is 3.38. The lowest BCUT2D eigenvalue weighted by Crippen LogP contribution is -2.39. The largest absolute Gasteiger partial charge is 0.398 e. The minimum absolute atomic E-state index is 0.561. The van der Waals surface area contributed by atoms with E-state index in [9.17, 15) is 13.2 Å². The van der Waals surface area contributed by atoms with Crippen LogP contribution in [-0.4, -0.2) is 24.5 Å². The zero-order valence-corrected chi connectivity index (χ0v) is 11.7. The second-order valence-electron chi connectivity index (χ2n) is 4.90. The Bertz CT molecular complexity index is 396. The highest BCUT2D eigenvalue weighted by Gasteiger charge is 2.30. The van der Waals surface area contributed by atoms with Crippen LogP contribution in [-0.2, 0) is 0 Å². The summed E-state index contributed by atoms with van der Waals surface area (Å²) in [4.78, 5) is 0.684. The Morgan fingerprint density at radius 1 is 1.21 bits per heavy atom. The number of alkyl halides is 3. The predicted octanol–water partition coefficient (Wildman–Crippen LogP) is 4.20. The number of thioether (sulfide) groups is 1. The van der Waals surface area contributed by atoms with Gasteiger partial charge in [0.1, 0.15) is 0 Å². The molecule has 0 atom stereocenters. The number of nitrogens with one attached hydrogen (secondary N) is 1. The molecule has 0 unspecified atom stereocenters. The van der Waals surface area contributed by atoms with Gasteiger partial charge in [0.25, 0.3) is 0 Å². The molecule has 0 spiro atoms. The maximum Gasteiger partial charge on any atom is 0.398 e. The molecule has 0 heterocycles. The van der Waals surface area contributed by atoms with Gasteiger partial charge in [-0.15, -0.1) is 11.8 Å².